The fourth-order valence-corrected chi connectivity index (χ4v) is 6.93. The maximum atomic E-state index is 12.4. The molecule has 0 aliphatic rings. The summed E-state index contributed by atoms with van der Waals surface area (Å²) in [4.78, 5) is 12.4. The average molecular weight is 694 g/mol. The Bertz CT molecular complexity index is 684. The van der Waals surface area contributed by atoms with Gasteiger partial charge in [0.2, 0.25) is 5.91 Å². The molecule has 0 aliphatic carbocycles. The van der Waals surface area contributed by atoms with Gasteiger partial charge in [-0.3, -0.25) is 4.79 Å². The molecule has 0 heterocycles. The minimum absolute atomic E-state index is 0.151. The van der Waals surface area contributed by atoms with Gasteiger partial charge in [-0.1, -0.05) is 206 Å². The number of hydrogen-bond donors (Lipinski definition) is 4. The smallest absolute Gasteiger partial charge is 0.220 e. The number of carbonyl (C=O) groups excluding carboxylic acids is 1. The second kappa shape index (κ2) is 39.9. The number of nitrogens with one attached hydrogen (secondary N) is 1. The van der Waals surface area contributed by atoms with Crippen molar-refractivity contribution < 1.29 is 20.1 Å². The van der Waals surface area contributed by atoms with Crippen molar-refractivity contribution >= 4 is 5.91 Å². The zero-order valence-electron chi connectivity index (χ0n) is 33.1. The van der Waals surface area contributed by atoms with Gasteiger partial charge in [0.05, 0.1) is 18.8 Å². The molecular formula is C44H87NO4. The van der Waals surface area contributed by atoms with Crippen LogP contribution in [0.2, 0.25) is 0 Å². The maximum Gasteiger partial charge on any atom is 0.220 e. The Kier molecular flexibility index (Phi) is 39.1. The molecule has 0 bridgehead atoms. The summed E-state index contributed by atoms with van der Waals surface area (Å²) in [6.45, 7) is 4.17. The van der Waals surface area contributed by atoms with E-state index in [1.54, 1.807) is 0 Å². The Morgan fingerprint density at radius 2 is 0.816 bits per heavy atom. The van der Waals surface area contributed by atoms with Crippen LogP contribution in [-0.2, 0) is 4.79 Å². The molecule has 0 radical (unpaired) electrons. The fraction of sp³-hybridized carbons (Fsp3) is 0.932. The first kappa shape index (κ1) is 48.1. The Morgan fingerprint density at radius 3 is 1.18 bits per heavy atom. The molecule has 0 aromatic carbocycles. The number of rotatable bonds is 40. The van der Waals surface area contributed by atoms with Crippen molar-refractivity contribution in [2.75, 3.05) is 6.61 Å². The molecule has 4 N–H and O–H groups in total. The molecule has 0 rings (SSSR count). The van der Waals surface area contributed by atoms with Gasteiger partial charge in [-0.25, -0.2) is 0 Å². The summed E-state index contributed by atoms with van der Waals surface area (Å²) in [5, 5.41) is 33.4. The normalized spacial score (nSPS) is 13.7. The van der Waals surface area contributed by atoms with Crippen LogP contribution in [0.4, 0.5) is 0 Å². The van der Waals surface area contributed by atoms with Gasteiger partial charge in [0, 0.05) is 6.42 Å². The fourth-order valence-electron chi connectivity index (χ4n) is 6.93. The van der Waals surface area contributed by atoms with Crippen LogP contribution < -0.4 is 5.32 Å². The topological polar surface area (TPSA) is 89.8 Å². The van der Waals surface area contributed by atoms with Crippen LogP contribution in [0, 0.1) is 0 Å². The molecule has 5 nitrogen and oxygen atoms in total. The van der Waals surface area contributed by atoms with E-state index < -0.39 is 18.2 Å². The van der Waals surface area contributed by atoms with Gasteiger partial charge < -0.3 is 20.6 Å². The summed E-state index contributed by atoms with van der Waals surface area (Å²) >= 11 is 0. The lowest BCUT2D eigenvalue weighted by Crippen LogP contribution is -2.50. The quantitative estimate of drug-likeness (QED) is 0.0380. The molecular weight excluding hydrogens is 606 g/mol. The summed E-state index contributed by atoms with van der Waals surface area (Å²) in [5.74, 6) is -0.151. The summed E-state index contributed by atoms with van der Waals surface area (Å²) in [6.07, 6.45) is 46.2. The van der Waals surface area contributed by atoms with Crippen molar-refractivity contribution in [1.29, 1.82) is 0 Å². The minimum atomic E-state index is -1.15. The summed E-state index contributed by atoms with van der Waals surface area (Å²) in [6, 6.07) is -0.820. The molecule has 3 unspecified atom stereocenters. The van der Waals surface area contributed by atoms with E-state index in [-0.39, 0.29) is 12.5 Å². The highest BCUT2D eigenvalue weighted by molar-refractivity contribution is 5.76. The highest BCUT2D eigenvalue weighted by Crippen LogP contribution is 2.16. The zero-order chi connectivity index (χ0) is 35.9. The maximum absolute atomic E-state index is 12.4. The molecule has 0 aromatic rings. The first-order valence-electron chi connectivity index (χ1n) is 22.0. The molecule has 292 valence electrons. The largest absolute Gasteiger partial charge is 0.394 e. The van der Waals surface area contributed by atoms with Crippen molar-refractivity contribution in [3.05, 3.63) is 12.2 Å². The zero-order valence-corrected chi connectivity index (χ0v) is 33.1. The number of carbonyl (C=O) groups is 1. The minimum Gasteiger partial charge on any atom is -0.394 e. The van der Waals surface area contributed by atoms with E-state index in [1.165, 1.54) is 173 Å². The second-order valence-corrected chi connectivity index (χ2v) is 15.3. The highest BCUT2D eigenvalue weighted by atomic mass is 16.3. The lowest BCUT2D eigenvalue weighted by Gasteiger charge is -2.26. The van der Waals surface area contributed by atoms with E-state index in [4.69, 9.17) is 0 Å². The monoisotopic (exact) mass is 694 g/mol. The molecule has 0 fully saturated rings. The van der Waals surface area contributed by atoms with E-state index in [0.717, 1.165) is 38.5 Å². The summed E-state index contributed by atoms with van der Waals surface area (Å²) < 4.78 is 0. The van der Waals surface area contributed by atoms with E-state index in [9.17, 15) is 20.1 Å². The first-order valence-corrected chi connectivity index (χ1v) is 22.0. The van der Waals surface area contributed by atoms with Crippen LogP contribution in [-0.4, -0.2) is 46.1 Å². The predicted octanol–water partition coefficient (Wildman–Crippen LogP) is 12.4. The lowest BCUT2D eigenvalue weighted by atomic mass is 10.0. The van der Waals surface area contributed by atoms with Crippen LogP contribution in [0.25, 0.3) is 0 Å². The van der Waals surface area contributed by atoms with Gasteiger partial charge in [0.1, 0.15) is 6.10 Å². The molecule has 49 heavy (non-hydrogen) atoms. The van der Waals surface area contributed by atoms with Gasteiger partial charge in [-0.15, -0.1) is 0 Å². The van der Waals surface area contributed by atoms with Crippen LogP contribution in [0.3, 0.4) is 0 Å². The second-order valence-electron chi connectivity index (χ2n) is 15.3. The molecule has 0 saturated carbocycles. The van der Waals surface area contributed by atoms with Crippen molar-refractivity contribution in [2.45, 2.75) is 257 Å². The Hall–Kier alpha value is -0.910. The van der Waals surface area contributed by atoms with Crippen LogP contribution in [0.5, 0.6) is 0 Å². The first-order chi connectivity index (χ1) is 24.1. The highest BCUT2D eigenvalue weighted by Gasteiger charge is 2.26. The van der Waals surface area contributed by atoms with Crippen LogP contribution in [0.15, 0.2) is 12.2 Å². The van der Waals surface area contributed by atoms with Crippen molar-refractivity contribution in [1.82, 2.24) is 5.32 Å². The molecule has 0 aromatic heterocycles. The van der Waals surface area contributed by atoms with Gasteiger partial charge in [-0.2, -0.15) is 0 Å². The van der Waals surface area contributed by atoms with E-state index in [0.29, 0.717) is 12.8 Å². The molecule has 3 atom stereocenters. The third-order valence-corrected chi connectivity index (χ3v) is 10.4. The van der Waals surface area contributed by atoms with E-state index in [2.05, 4.69) is 31.3 Å². The number of allylic oxidation sites excluding steroid dienone is 2. The van der Waals surface area contributed by atoms with Gasteiger partial charge in [-0.05, 0) is 38.5 Å². The summed E-state index contributed by atoms with van der Waals surface area (Å²) in [7, 11) is 0. The van der Waals surface area contributed by atoms with Crippen molar-refractivity contribution in [3.63, 3.8) is 0 Å². The number of amides is 1. The summed E-state index contributed by atoms with van der Waals surface area (Å²) in [5.41, 5.74) is 0. The lowest BCUT2D eigenvalue weighted by molar-refractivity contribution is -0.124. The Labute approximate surface area is 306 Å². The van der Waals surface area contributed by atoms with Crippen LogP contribution in [0.1, 0.15) is 239 Å². The van der Waals surface area contributed by atoms with Crippen molar-refractivity contribution in [2.24, 2.45) is 0 Å². The number of hydrogen-bond acceptors (Lipinski definition) is 4. The van der Waals surface area contributed by atoms with Crippen LogP contribution >= 0.6 is 0 Å². The molecule has 0 saturated heterocycles. The van der Waals surface area contributed by atoms with Crippen molar-refractivity contribution in [3.8, 4) is 0 Å². The number of aliphatic hydroxyl groups excluding tert-OH is 3. The molecule has 5 heteroatoms. The molecule has 0 aliphatic heterocycles. The standard InChI is InChI=1S/C44H87NO4/c1-3-5-7-9-11-13-15-17-18-19-20-21-22-23-24-25-26-27-29-31-33-35-37-39-43(48)45-41(40-46)44(49)42(47)38-36-34-32-30-28-16-14-12-10-8-6-4-2/h30,32,41-42,44,46-47,49H,3-29,31,33-40H2,1-2H3,(H,45,48)/b32-30+. The molecule has 1 amide bonds. The number of aliphatic hydroxyl groups is 3. The average Bonchev–Trinajstić information content (AvgIpc) is 3.10. The van der Waals surface area contributed by atoms with Gasteiger partial charge >= 0.3 is 0 Å². The third kappa shape index (κ3) is 35.3. The Morgan fingerprint density at radius 1 is 0.490 bits per heavy atom. The third-order valence-electron chi connectivity index (χ3n) is 10.4. The Balaban J connectivity index is 3.57. The number of unbranched alkanes of at least 4 members (excludes halogenated alkanes) is 30. The van der Waals surface area contributed by atoms with Gasteiger partial charge in [0.25, 0.3) is 0 Å². The SMILES string of the molecule is CCCCCCCCC/C=C/CCCC(O)C(O)C(CO)NC(=O)CCCCCCCCCCCCCCCCCCCCCCCCC. The predicted molar refractivity (Wildman–Crippen MR) is 213 cm³/mol. The van der Waals surface area contributed by atoms with Gasteiger partial charge in [0.15, 0.2) is 0 Å². The van der Waals surface area contributed by atoms with E-state index >= 15 is 0 Å². The van der Waals surface area contributed by atoms with E-state index in [1.807, 2.05) is 0 Å². The molecule has 0 spiro atoms.